The Morgan fingerprint density at radius 3 is 2.71 bits per heavy atom. The number of anilines is 1. The van der Waals surface area contributed by atoms with Gasteiger partial charge in [0.2, 0.25) is 11.8 Å². The first-order valence-corrected chi connectivity index (χ1v) is 10.6. The summed E-state index contributed by atoms with van der Waals surface area (Å²) in [5.74, 6) is -0.904. The van der Waals surface area contributed by atoms with Gasteiger partial charge in [0, 0.05) is 16.9 Å². The second-order valence-electron chi connectivity index (χ2n) is 7.12. The van der Waals surface area contributed by atoms with E-state index in [1.54, 1.807) is 48.5 Å². The minimum absolute atomic E-state index is 0.0594. The number of nitrogens with zero attached hydrogens (tertiary/aromatic N) is 1. The van der Waals surface area contributed by atoms with Gasteiger partial charge in [0.25, 0.3) is 5.91 Å². The van der Waals surface area contributed by atoms with Gasteiger partial charge < -0.3 is 21.1 Å². The van der Waals surface area contributed by atoms with Crippen LogP contribution < -0.4 is 21.1 Å². The summed E-state index contributed by atoms with van der Waals surface area (Å²) in [4.78, 5) is 51.1. The van der Waals surface area contributed by atoms with Crippen LogP contribution >= 0.6 is 11.8 Å². The summed E-state index contributed by atoms with van der Waals surface area (Å²) < 4.78 is 5.61. The van der Waals surface area contributed by atoms with Crippen molar-refractivity contribution in [1.29, 1.82) is 0 Å². The zero-order valence-electron chi connectivity index (χ0n) is 16.4. The van der Waals surface area contributed by atoms with Gasteiger partial charge in [-0.3, -0.25) is 19.3 Å². The number of amides is 5. The Labute approximate surface area is 182 Å². The Morgan fingerprint density at radius 1 is 1.16 bits per heavy atom. The summed E-state index contributed by atoms with van der Waals surface area (Å²) in [6.45, 7) is -0.169. The summed E-state index contributed by atoms with van der Waals surface area (Å²) in [6, 6.07) is 13.3. The lowest BCUT2D eigenvalue weighted by molar-refractivity contribution is -0.135. The molecule has 2 aliphatic rings. The second kappa shape index (κ2) is 8.31. The Hall–Kier alpha value is -3.53. The molecule has 4 N–H and O–H groups in total. The molecule has 2 aromatic rings. The van der Waals surface area contributed by atoms with Crippen LogP contribution in [0.3, 0.4) is 0 Å². The lowest BCUT2D eigenvalue weighted by Crippen LogP contribution is -2.48. The molecule has 0 bridgehead atoms. The highest BCUT2D eigenvalue weighted by Crippen LogP contribution is 2.40. The molecule has 2 aromatic carbocycles. The number of ether oxygens (including phenoxy) is 1. The van der Waals surface area contributed by atoms with E-state index in [1.165, 1.54) is 11.8 Å². The maximum Gasteiger partial charge on any atom is 0.325 e. The third kappa shape index (κ3) is 3.93. The summed E-state index contributed by atoms with van der Waals surface area (Å²) in [5.41, 5.74) is 5.00. The van der Waals surface area contributed by atoms with Gasteiger partial charge in [0.15, 0.2) is 5.54 Å². The van der Waals surface area contributed by atoms with E-state index in [1.807, 2.05) is 0 Å². The van der Waals surface area contributed by atoms with E-state index in [2.05, 4.69) is 10.6 Å². The monoisotopic (exact) mass is 440 g/mol. The number of thioether (sulfide) groups is 1. The van der Waals surface area contributed by atoms with Gasteiger partial charge in [-0.15, -0.1) is 11.8 Å². The molecule has 31 heavy (non-hydrogen) atoms. The average molecular weight is 440 g/mol. The van der Waals surface area contributed by atoms with Crippen molar-refractivity contribution in [1.82, 2.24) is 10.2 Å². The lowest BCUT2D eigenvalue weighted by Gasteiger charge is -2.33. The van der Waals surface area contributed by atoms with Crippen molar-refractivity contribution in [3.8, 4) is 5.75 Å². The maximum atomic E-state index is 13.2. The quantitative estimate of drug-likeness (QED) is 0.460. The number of hydrogen-bond acceptors (Lipinski definition) is 6. The van der Waals surface area contributed by atoms with Crippen molar-refractivity contribution in [3.63, 3.8) is 0 Å². The van der Waals surface area contributed by atoms with Crippen LogP contribution in [0.5, 0.6) is 5.75 Å². The zero-order valence-corrected chi connectivity index (χ0v) is 17.2. The number of nitrogens with one attached hydrogen (secondary N) is 2. The molecule has 2 aliphatic heterocycles. The lowest BCUT2D eigenvalue weighted by atomic mass is 9.84. The standard InChI is InChI=1S/C21H20N4O5S/c22-17(26)12-31-16-8-4-2-6-14(16)23-18(27)11-25-19(28)21(24-20(25)29)9-10-30-15-7-3-1-5-13(15)21/h1-8H,9-12H2,(H2,22,26)(H,23,27)(H,24,29)/t21-/m0/s1. The van der Waals surface area contributed by atoms with Gasteiger partial charge in [-0.1, -0.05) is 30.3 Å². The number of hydrogen-bond donors (Lipinski definition) is 3. The number of rotatable bonds is 6. The summed E-state index contributed by atoms with van der Waals surface area (Å²) in [6.07, 6.45) is 0.277. The van der Waals surface area contributed by atoms with Gasteiger partial charge in [0.1, 0.15) is 12.3 Å². The normalized spacial score (nSPS) is 19.5. The van der Waals surface area contributed by atoms with Gasteiger partial charge in [0.05, 0.1) is 18.0 Å². The first kappa shape index (κ1) is 20.7. The molecule has 160 valence electrons. The van der Waals surface area contributed by atoms with Gasteiger partial charge in [-0.2, -0.15) is 0 Å². The molecule has 0 radical (unpaired) electrons. The number of nitrogens with two attached hydrogens (primary N) is 1. The molecule has 0 aromatic heterocycles. The Morgan fingerprint density at radius 2 is 1.90 bits per heavy atom. The van der Waals surface area contributed by atoms with Crippen LogP contribution in [0.4, 0.5) is 10.5 Å². The molecule has 0 unspecified atom stereocenters. The van der Waals surface area contributed by atoms with E-state index in [4.69, 9.17) is 10.5 Å². The molecule has 10 heteroatoms. The van der Waals surface area contributed by atoms with E-state index in [9.17, 15) is 19.2 Å². The SMILES string of the molecule is NC(=O)CSc1ccccc1NC(=O)CN1C(=O)N[C@]2(CCOc3ccccc32)C1=O. The van der Waals surface area contributed by atoms with E-state index in [0.717, 1.165) is 4.90 Å². The predicted molar refractivity (Wildman–Crippen MR) is 113 cm³/mol. The van der Waals surface area contributed by atoms with Gasteiger partial charge in [-0.05, 0) is 18.2 Å². The highest BCUT2D eigenvalue weighted by Gasteiger charge is 2.55. The molecule has 0 aliphatic carbocycles. The molecule has 0 saturated carbocycles. The maximum absolute atomic E-state index is 13.2. The molecule has 5 amide bonds. The fourth-order valence-electron chi connectivity index (χ4n) is 3.69. The first-order chi connectivity index (χ1) is 14.9. The largest absolute Gasteiger partial charge is 0.493 e. The number of carbonyl (C=O) groups is 4. The van der Waals surface area contributed by atoms with Crippen LogP contribution in [-0.4, -0.2) is 47.6 Å². The van der Waals surface area contributed by atoms with Gasteiger partial charge in [-0.25, -0.2) is 4.79 Å². The van der Waals surface area contributed by atoms with E-state index >= 15 is 0 Å². The number of benzene rings is 2. The number of primary amides is 1. The molecule has 1 atom stereocenters. The van der Waals surface area contributed by atoms with E-state index in [0.29, 0.717) is 21.9 Å². The van der Waals surface area contributed by atoms with Crippen molar-refractivity contribution in [3.05, 3.63) is 54.1 Å². The Kier molecular flexibility index (Phi) is 5.55. The second-order valence-corrected chi connectivity index (χ2v) is 8.14. The van der Waals surface area contributed by atoms with Crippen LogP contribution in [0.15, 0.2) is 53.4 Å². The minimum Gasteiger partial charge on any atom is -0.493 e. The number of para-hydroxylation sites is 2. The minimum atomic E-state index is -1.23. The molecule has 1 spiro atoms. The summed E-state index contributed by atoms with van der Waals surface area (Å²) >= 11 is 1.19. The molecule has 1 fully saturated rings. The predicted octanol–water partition coefficient (Wildman–Crippen LogP) is 1.43. The van der Waals surface area contributed by atoms with Crippen molar-refractivity contribution in [2.45, 2.75) is 16.9 Å². The average Bonchev–Trinajstić information content (AvgIpc) is 2.98. The van der Waals surface area contributed by atoms with Crippen LogP contribution in [0.1, 0.15) is 12.0 Å². The fourth-order valence-corrected chi connectivity index (χ4v) is 4.44. The van der Waals surface area contributed by atoms with E-state index < -0.39 is 35.8 Å². The number of carbonyl (C=O) groups excluding carboxylic acids is 4. The third-order valence-corrected chi connectivity index (χ3v) is 6.19. The fraction of sp³-hybridized carbons (Fsp3) is 0.238. The van der Waals surface area contributed by atoms with Crippen LogP contribution in [-0.2, 0) is 19.9 Å². The van der Waals surface area contributed by atoms with Crippen LogP contribution in [0.2, 0.25) is 0 Å². The molecular formula is C21H20N4O5S. The Bertz CT molecular complexity index is 1080. The summed E-state index contributed by atoms with van der Waals surface area (Å²) in [7, 11) is 0. The summed E-state index contributed by atoms with van der Waals surface area (Å²) in [5, 5.41) is 5.46. The first-order valence-electron chi connectivity index (χ1n) is 9.57. The van der Waals surface area contributed by atoms with Crippen LogP contribution in [0, 0.1) is 0 Å². The molecular weight excluding hydrogens is 420 g/mol. The van der Waals surface area contributed by atoms with E-state index in [-0.39, 0.29) is 18.8 Å². The Balaban J connectivity index is 1.50. The number of fused-ring (bicyclic) bond motifs is 2. The van der Waals surface area contributed by atoms with Gasteiger partial charge >= 0.3 is 6.03 Å². The number of imide groups is 1. The zero-order chi connectivity index (χ0) is 22.0. The molecule has 9 nitrogen and oxygen atoms in total. The molecule has 1 saturated heterocycles. The highest BCUT2D eigenvalue weighted by atomic mass is 32.2. The topological polar surface area (TPSA) is 131 Å². The van der Waals surface area contributed by atoms with Crippen molar-refractivity contribution in [2.24, 2.45) is 5.73 Å². The highest BCUT2D eigenvalue weighted by molar-refractivity contribution is 8.00. The van der Waals surface area contributed by atoms with Crippen molar-refractivity contribution in [2.75, 3.05) is 24.2 Å². The molecule has 4 rings (SSSR count). The van der Waals surface area contributed by atoms with Crippen molar-refractivity contribution < 1.29 is 23.9 Å². The number of urea groups is 1. The van der Waals surface area contributed by atoms with Crippen LogP contribution in [0.25, 0.3) is 0 Å². The van der Waals surface area contributed by atoms with Crippen molar-refractivity contribution >= 4 is 41.2 Å². The third-order valence-electron chi connectivity index (χ3n) is 5.09. The smallest absolute Gasteiger partial charge is 0.325 e. The molecule has 2 heterocycles.